The van der Waals surface area contributed by atoms with Gasteiger partial charge < -0.3 is 9.47 Å². The molecule has 0 fully saturated rings. The molecule has 0 amide bonds. The summed E-state index contributed by atoms with van der Waals surface area (Å²) >= 11 is 0. The van der Waals surface area contributed by atoms with Crippen molar-refractivity contribution < 1.29 is 22.7 Å². The lowest BCUT2D eigenvalue weighted by Crippen LogP contribution is -2.41. The molecular formula is C30H25NO5S. The Hall–Kier alpha value is -4.38. The van der Waals surface area contributed by atoms with Crippen molar-refractivity contribution in [3.05, 3.63) is 115 Å². The summed E-state index contributed by atoms with van der Waals surface area (Å²) in [5.41, 5.74) is 2.51. The molecular weight excluding hydrogens is 486 g/mol. The first-order valence-corrected chi connectivity index (χ1v) is 13.0. The van der Waals surface area contributed by atoms with Gasteiger partial charge in [-0.2, -0.15) is 4.72 Å². The van der Waals surface area contributed by atoms with E-state index in [0.717, 1.165) is 22.4 Å². The van der Waals surface area contributed by atoms with Crippen molar-refractivity contribution in [2.24, 2.45) is 0 Å². The van der Waals surface area contributed by atoms with Crippen LogP contribution in [0.4, 0.5) is 0 Å². The Morgan fingerprint density at radius 3 is 1.92 bits per heavy atom. The molecule has 0 bridgehead atoms. The van der Waals surface area contributed by atoms with Crippen molar-refractivity contribution in [2.45, 2.75) is 17.4 Å². The van der Waals surface area contributed by atoms with E-state index in [9.17, 15) is 13.2 Å². The monoisotopic (exact) mass is 511 g/mol. The fourth-order valence-electron chi connectivity index (χ4n) is 3.51. The van der Waals surface area contributed by atoms with Crippen LogP contribution in [0.5, 0.6) is 11.5 Å². The molecule has 37 heavy (non-hydrogen) atoms. The zero-order valence-corrected chi connectivity index (χ0v) is 20.9. The van der Waals surface area contributed by atoms with Crippen molar-refractivity contribution in [1.82, 2.24) is 4.72 Å². The summed E-state index contributed by atoms with van der Waals surface area (Å²) in [6.07, 6.45) is -0.0315. The van der Waals surface area contributed by atoms with E-state index < -0.39 is 22.0 Å². The fraction of sp³-hybridized carbons (Fsp3) is 0.100. The summed E-state index contributed by atoms with van der Waals surface area (Å²) in [5, 5.41) is 0. The lowest BCUT2D eigenvalue weighted by atomic mass is 10.1. The quantitative estimate of drug-likeness (QED) is 0.253. The van der Waals surface area contributed by atoms with Gasteiger partial charge in [-0.05, 0) is 59.7 Å². The Labute approximate surface area is 216 Å². The third-order valence-corrected chi connectivity index (χ3v) is 6.91. The second kappa shape index (κ2) is 12.0. The van der Waals surface area contributed by atoms with E-state index in [2.05, 4.69) is 16.6 Å². The fourth-order valence-corrected chi connectivity index (χ4v) is 4.70. The molecule has 0 saturated heterocycles. The van der Waals surface area contributed by atoms with E-state index in [1.807, 2.05) is 84.9 Å². The number of rotatable bonds is 8. The van der Waals surface area contributed by atoms with Gasteiger partial charge in [-0.25, -0.2) is 8.42 Å². The van der Waals surface area contributed by atoms with Crippen LogP contribution >= 0.6 is 0 Å². The number of benzene rings is 4. The number of sulfonamides is 1. The third kappa shape index (κ3) is 7.07. The molecule has 1 N–H and O–H groups in total. The van der Waals surface area contributed by atoms with Gasteiger partial charge in [0.15, 0.2) is 0 Å². The predicted molar refractivity (Wildman–Crippen MR) is 142 cm³/mol. The molecule has 0 radical (unpaired) electrons. The van der Waals surface area contributed by atoms with Gasteiger partial charge in [0.25, 0.3) is 0 Å². The summed E-state index contributed by atoms with van der Waals surface area (Å²) in [5.74, 6) is 6.51. The molecule has 0 aromatic heterocycles. The van der Waals surface area contributed by atoms with Crippen LogP contribution in [-0.2, 0) is 19.6 Å². The van der Waals surface area contributed by atoms with Crippen LogP contribution in [0.15, 0.2) is 114 Å². The number of hydrogen-bond donors (Lipinski definition) is 1. The van der Waals surface area contributed by atoms with E-state index >= 15 is 0 Å². The molecule has 6 nitrogen and oxygen atoms in total. The van der Waals surface area contributed by atoms with Crippen LogP contribution < -0.4 is 9.46 Å². The Morgan fingerprint density at radius 1 is 0.784 bits per heavy atom. The SMILES string of the molecule is COC(=O)C(CC#Cc1ccccc1)NS(=O)(=O)c1ccc(-c2ccc(Oc3ccccc3)cc2)cc1. The van der Waals surface area contributed by atoms with Crippen molar-refractivity contribution in [3.63, 3.8) is 0 Å². The van der Waals surface area contributed by atoms with E-state index in [0.29, 0.717) is 5.75 Å². The van der Waals surface area contributed by atoms with Crippen molar-refractivity contribution >= 4 is 16.0 Å². The lowest BCUT2D eigenvalue weighted by Gasteiger charge is -2.14. The first kappa shape index (κ1) is 25.7. The maximum Gasteiger partial charge on any atom is 0.324 e. The van der Waals surface area contributed by atoms with Gasteiger partial charge in [0.1, 0.15) is 17.5 Å². The second-order valence-corrected chi connectivity index (χ2v) is 9.75. The summed E-state index contributed by atoms with van der Waals surface area (Å²) in [6, 6.07) is 31.5. The largest absolute Gasteiger partial charge is 0.468 e. The average Bonchev–Trinajstić information content (AvgIpc) is 2.93. The maximum atomic E-state index is 13.0. The first-order chi connectivity index (χ1) is 17.9. The molecule has 0 spiro atoms. The topological polar surface area (TPSA) is 81.7 Å². The normalized spacial score (nSPS) is 11.6. The second-order valence-electron chi connectivity index (χ2n) is 8.03. The molecule has 0 heterocycles. The number of carbonyl (C=O) groups is 1. The third-order valence-electron chi connectivity index (χ3n) is 5.43. The average molecular weight is 512 g/mol. The molecule has 7 heteroatoms. The van der Waals surface area contributed by atoms with E-state index in [4.69, 9.17) is 9.47 Å². The first-order valence-electron chi connectivity index (χ1n) is 11.5. The van der Waals surface area contributed by atoms with Crippen LogP contribution in [-0.4, -0.2) is 27.5 Å². The smallest absolute Gasteiger partial charge is 0.324 e. The number of methoxy groups -OCH3 is 1. The van der Waals surface area contributed by atoms with Crippen LogP contribution in [0.1, 0.15) is 12.0 Å². The summed E-state index contributed by atoms with van der Waals surface area (Å²) in [4.78, 5) is 12.3. The van der Waals surface area contributed by atoms with Gasteiger partial charge in [0.2, 0.25) is 10.0 Å². The minimum absolute atomic E-state index is 0.0315. The van der Waals surface area contributed by atoms with Gasteiger partial charge in [-0.1, -0.05) is 72.5 Å². The molecule has 1 atom stereocenters. The molecule has 0 aliphatic rings. The molecule has 4 aromatic rings. The molecule has 0 aliphatic heterocycles. The van der Waals surface area contributed by atoms with Gasteiger partial charge >= 0.3 is 5.97 Å². The van der Waals surface area contributed by atoms with Crippen molar-refractivity contribution in [1.29, 1.82) is 0 Å². The highest BCUT2D eigenvalue weighted by Gasteiger charge is 2.26. The number of nitrogens with one attached hydrogen (secondary N) is 1. The Bertz CT molecular complexity index is 1490. The zero-order chi connectivity index (χ0) is 26.1. The standard InChI is InChI=1S/C30H25NO5S/c1-35-30(32)29(14-8-11-23-9-4-2-5-10-23)31-37(33,34)28-21-17-25(18-22-28)24-15-19-27(20-16-24)36-26-12-6-3-7-13-26/h2-7,9-10,12-13,15-22,29,31H,14H2,1H3. The molecule has 1 unspecified atom stereocenters. The number of esters is 1. The van der Waals surface area contributed by atoms with Gasteiger partial charge in [-0.15, -0.1) is 0 Å². The minimum atomic E-state index is -3.99. The number of ether oxygens (including phenoxy) is 2. The molecule has 4 rings (SSSR count). The van der Waals surface area contributed by atoms with Crippen LogP contribution in [0.25, 0.3) is 11.1 Å². The number of carbonyl (C=O) groups excluding carboxylic acids is 1. The zero-order valence-electron chi connectivity index (χ0n) is 20.1. The number of para-hydroxylation sites is 1. The highest BCUT2D eigenvalue weighted by Crippen LogP contribution is 2.26. The van der Waals surface area contributed by atoms with Crippen molar-refractivity contribution in [2.75, 3.05) is 7.11 Å². The highest BCUT2D eigenvalue weighted by atomic mass is 32.2. The van der Waals surface area contributed by atoms with Crippen LogP contribution in [0.3, 0.4) is 0 Å². The van der Waals surface area contributed by atoms with E-state index in [1.165, 1.54) is 19.2 Å². The van der Waals surface area contributed by atoms with Gasteiger partial charge in [0.05, 0.1) is 12.0 Å². The molecule has 186 valence electrons. The van der Waals surface area contributed by atoms with E-state index in [1.54, 1.807) is 12.1 Å². The van der Waals surface area contributed by atoms with Crippen molar-refractivity contribution in [3.8, 4) is 34.5 Å². The maximum absolute atomic E-state index is 13.0. The van der Waals surface area contributed by atoms with Gasteiger partial charge in [-0.3, -0.25) is 4.79 Å². The Balaban J connectivity index is 1.44. The Kier molecular flexibility index (Phi) is 8.37. The molecule has 4 aromatic carbocycles. The minimum Gasteiger partial charge on any atom is -0.468 e. The summed E-state index contributed by atoms with van der Waals surface area (Å²) < 4.78 is 39.0. The highest BCUT2D eigenvalue weighted by molar-refractivity contribution is 7.89. The number of hydrogen-bond acceptors (Lipinski definition) is 5. The lowest BCUT2D eigenvalue weighted by molar-refractivity contribution is -0.142. The summed E-state index contributed by atoms with van der Waals surface area (Å²) in [6.45, 7) is 0. The molecule has 0 saturated carbocycles. The van der Waals surface area contributed by atoms with Crippen LogP contribution in [0, 0.1) is 11.8 Å². The summed E-state index contributed by atoms with van der Waals surface area (Å²) in [7, 11) is -2.78. The van der Waals surface area contributed by atoms with E-state index in [-0.39, 0.29) is 11.3 Å². The van der Waals surface area contributed by atoms with Crippen LogP contribution in [0.2, 0.25) is 0 Å². The Morgan fingerprint density at radius 2 is 1.32 bits per heavy atom. The van der Waals surface area contributed by atoms with Gasteiger partial charge in [0, 0.05) is 12.0 Å². The predicted octanol–water partition coefficient (Wildman–Crippen LogP) is 5.41. The molecule has 0 aliphatic carbocycles.